The summed E-state index contributed by atoms with van der Waals surface area (Å²) in [7, 11) is 1.47. The molecular formula is C25H18ClNO5. The van der Waals surface area contributed by atoms with E-state index in [0.29, 0.717) is 38.9 Å². The van der Waals surface area contributed by atoms with Gasteiger partial charge in [0.25, 0.3) is 5.91 Å². The summed E-state index contributed by atoms with van der Waals surface area (Å²) in [6, 6.07) is 18.5. The lowest BCUT2D eigenvalue weighted by Crippen LogP contribution is -2.20. The minimum Gasteiger partial charge on any atom is -0.493 e. The fourth-order valence-corrected chi connectivity index (χ4v) is 3.56. The van der Waals surface area contributed by atoms with E-state index in [1.54, 1.807) is 66.7 Å². The number of anilines is 1. The number of methoxy groups -OCH3 is 1. The lowest BCUT2D eigenvalue weighted by Gasteiger charge is -2.12. The fraction of sp³-hybridized carbons (Fsp3) is 0.0800. The second-order valence-electron chi connectivity index (χ2n) is 7.02. The third kappa shape index (κ3) is 4.40. The highest BCUT2D eigenvalue weighted by Gasteiger charge is 2.32. The van der Waals surface area contributed by atoms with Crippen LogP contribution in [-0.4, -0.2) is 31.2 Å². The van der Waals surface area contributed by atoms with Crippen LogP contribution in [0.1, 0.15) is 26.3 Å². The van der Waals surface area contributed by atoms with Crippen LogP contribution in [0.5, 0.6) is 11.5 Å². The number of rotatable bonds is 6. The lowest BCUT2D eigenvalue weighted by atomic mass is 10.1. The Morgan fingerprint density at radius 1 is 0.938 bits per heavy atom. The molecule has 0 heterocycles. The highest BCUT2D eigenvalue weighted by molar-refractivity contribution is 6.41. The second kappa shape index (κ2) is 9.08. The molecule has 0 bridgehead atoms. The molecule has 0 aliphatic heterocycles. The Balaban J connectivity index is 1.48. The van der Waals surface area contributed by atoms with Gasteiger partial charge < -0.3 is 14.8 Å². The number of benzene rings is 3. The molecule has 32 heavy (non-hydrogen) atoms. The van der Waals surface area contributed by atoms with Gasteiger partial charge in [-0.3, -0.25) is 14.4 Å². The molecule has 0 saturated carbocycles. The number of fused-ring (bicyclic) bond motifs is 1. The van der Waals surface area contributed by atoms with Crippen molar-refractivity contribution in [3.63, 3.8) is 0 Å². The van der Waals surface area contributed by atoms with E-state index in [4.69, 9.17) is 21.1 Å². The quantitative estimate of drug-likeness (QED) is 0.432. The van der Waals surface area contributed by atoms with Crippen LogP contribution in [0.15, 0.2) is 72.3 Å². The third-order valence-corrected chi connectivity index (χ3v) is 5.11. The zero-order valence-corrected chi connectivity index (χ0v) is 17.8. The molecule has 1 aliphatic carbocycles. The SMILES string of the molecule is COc1cc(C=C2C(=O)c3ccccc3C2=O)ccc1OCC(=O)Nc1cccc(Cl)c1. The highest BCUT2D eigenvalue weighted by Crippen LogP contribution is 2.32. The third-order valence-electron chi connectivity index (χ3n) is 4.87. The number of Topliss-reactive ketones (excluding diaryl/α,β-unsaturated/α-hetero) is 2. The number of amides is 1. The van der Waals surface area contributed by atoms with Crippen molar-refractivity contribution >= 4 is 40.8 Å². The van der Waals surface area contributed by atoms with Gasteiger partial charge >= 0.3 is 0 Å². The monoisotopic (exact) mass is 447 g/mol. The van der Waals surface area contributed by atoms with E-state index in [2.05, 4.69) is 5.32 Å². The Kier molecular flexibility index (Phi) is 6.05. The van der Waals surface area contributed by atoms with Gasteiger partial charge in [-0.1, -0.05) is 48.0 Å². The van der Waals surface area contributed by atoms with Gasteiger partial charge in [-0.15, -0.1) is 0 Å². The van der Waals surface area contributed by atoms with E-state index in [0.717, 1.165) is 0 Å². The number of allylic oxidation sites excluding steroid dienone is 1. The van der Waals surface area contributed by atoms with Gasteiger partial charge in [-0.2, -0.15) is 0 Å². The number of hydrogen-bond acceptors (Lipinski definition) is 5. The first-order valence-corrected chi connectivity index (χ1v) is 10.1. The minimum absolute atomic E-state index is 0.0998. The molecule has 3 aromatic carbocycles. The molecule has 160 valence electrons. The van der Waals surface area contributed by atoms with Gasteiger partial charge in [-0.05, 0) is 42.0 Å². The van der Waals surface area contributed by atoms with Crippen LogP contribution < -0.4 is 14.8 Å². The first kappa shape index (κ1) is 21.3. The van der Waals surface area contributed by atoms with E-state index in [9.17, 15) is 14.4 Å². The maximum Gasteiger partial charge on any atom is 0.262 e. The Morgan fingerprint density at radius 2 is 1.66 bits per heavy atom. The van der Waals surface area contributed by atoms with Crippen molar-refractivity contribution in [3.05, 3.63) is 94.0 Å². The largest absolute Gasteiger partial charge is 0.493 e. The number of carbonyl (C=O) groups is 3. The molecule has 0 unspecified atom stereocenters. The molecule has 0 radical (unpaired) electrons. The first-order valence-electron chi connectivity index (χ1n) is 9.72. The Hall–Kier alpha value is -3.90. The molecule has 1 amide bonds. The zero-order valence-electron chi connectivity index (χ0n) is 17.1. The number of carbonyl (C=O) groups excluding carboxylic acids is 3. The van der Waals surface area contributed by atoms with Crippen molar-refractivity contribution in [2.24, 2.45) is 0 Å². The Bertz CT molecular complexity index is 1230. The summed E-state index contributed by atoms with van der Waals surface area (Å²) in [6.07, 6.45) is 1.53. The fourth-order valence-electron chi connectivity index (χ4n) is 3.37. The van der Waals surface area contributed by atoms with Gasteiger partial charge in [0.15, 0.2) is 29.7 Å². The van der Waals surface area contributed by atoms with Gasteiger partial charge in [0.1, 0.15) is 0 Å². The van der Waals surface area contributed by atoms with E-state index >= 15 is 0 Å². The second-order valence-corrected chi connectivity index (χ2v) is 7.46. The Labute approximate surface area is 189 Å². The van der Waals surface area contributed by atoms with Gasteiger partial charge in [0, 0.05) is 21.8 Å². The highest BCUT2D eigenvalue weighted by atomic mass is 35.5. The van der Waals surface area contributed by atoms with Crippen LogP contribution >= 0.6 is 11.6 Å². The molecule has 0 spiro atoms. The number of hydrogen-bond donors (Lipinski definition) is 1. The van der Waals surface area contributed by atoms with Crippen molar-refractivity contribution in [2.45, 2.75) is 0 Å². The van der Waals surface area contributed by atoms with Crippen LogP contribution in [0.4, 0.5) is 5.69 Å². The van der Waals surface area contributed by atoms with Crippen molar-refractivity contribution in [1.29, 1.82) is 0 Å². The van der Waals surface area contributed by atoms with Crippen molar-refractivity contribution in [1.82, 2.24) is 0 Å². The molecule has 0 atom stereocenters. The van der Waals surface area contributed by atoms with Crippen LogP contribution in [0, 0.1) is 0 Å². The molecule has 7 heteroatoms. The minimum atomic E-state index is -0.361. The number of ketones is 2. The topological polar surface area (TPSA) is 81.7 Å². The predicted octanol–water partition coefficient (Wildman–Crippen LogP) is 4.83. The van der Waals surface area contributed by atoms with Crippen LogP contribution in [0.3, 0.4) is 0 Å². The first-order chi connectivity index (χ1) is 15.5. The van der Waals surface area contributed by atoms with Crippen molar-refractivity contribution in [3.8, 4) is 11.5 Å². The van der Waals surface area contributed by atoms with Gasteiger partial charge in [0.2, 0.25) is 0 Å². The van der Waals surface area contributed by atoms with E-state index in [1.807, 2.05) is 0 Å². The van der Waals surface area contributed by atoms with E-state index in [1.165, 1.54) is 13.2 Å². The summed E-state index contributed by atoms with van der Waals surface area (Å²) in [4.78, 5) is 37.3. The van der Waals surface area contributed by atoms with Crippen molar-refractivity contribution in [2.75, 3.05) is 19.0 Å². The summed E-state index contributed by atoms with van der Waals surface area (Å²) < 4.78 is 10.9. The molecule has 6 nitrogen and oxygen atoms in total. The molecule has 0 aromatic heterocycles. The molecule has 0 fully saturated rings. The normalized spacial score (nSPS) is 12.4. The lowest BCUT2D eigenvalue weighted by molar-refractivity contribution is -0.118. The maximum absolute atomic E-state index is 12.6. The average molecular weight is 448 g/mol. The smallest absolute Gasteiger partial charge is 0.262 e. The zero-order chi connectivity index (χ0) is 22.7. The number of halogens is 1. The summed E-state index contributed by atoms with van der Waals surface area (Å²) in [5.41, 5.74) is 2.07. The van der Waals surface area contributed by atoms with Crippen molar-refractivity contribution < 1.29 is 23.9 Å². The summed E-state index contributed by atoms with van der Waals surface area (Å²) in [5, 5.41) is 3.21. The molecule has 0 saturated heterocycles. The van der Waals surface area contributed by atoms with E-state index in [-0.39, 0.29) is 29.7 Å². The van der Waals surface area contributed by atoms with Crippen LogP contribution in [-0.2, 0) is 4.79 Å². The van der Waals surface area contributed by atoms with Crippen LogP contribution in [0.2, 0.25) is 5.02 Å². The average Bonchev–Trinajstić information content (AvgIpc) is 3.03. The summed E-state index contributed by atoms with van der Waals surface area (Å²) >= 11 is 5.91. The standard InChI is InChI=1S/C25H18ClNO5/c1-31-22-12-15(11-20-24(29)18-7-2-3-8-19(18)25(20)30)9-10-21(22)32-14-23(28)27-17-6-4-5-16(26)13-17/h2-13H,14H2,1H3,(H,27,28). The molecule has 1 aliphatic rings. The molecular weight excluding hydrogens is 430 g/mol. The maximum atomic E-state index is 12.6. The summed E-state index contributed by atoms with van der Waals surface area (Å²) in [5.74, 6) is -0.251. The number of nitrogens with one attached hydrogen (secondary N) is 1. The van der Waals surface area contributed by atoms with Gasteiger partial charge in [0.05, 0.1) is 12.7 Å². The van der Waals surface area contributed by atoms with Crippen LogP contribution in [0.25, 0.3) is 6.08 Å². The molecule has 4 rings (SSSR count). The molecule has 3 aromatic rings. The number of ether oxygens (including phenoxy) is 2. The Morgan fingerprint density at radius 3 is 2.31 bits per heavy atom. The van der Waals surface area contributed by atoms with Gasteiger partial charge in [-0.25, -0.2) is 0 Å². The predicted molar refractivity (Wildman–Crippen MR) is 122 cm³/mol. The summed E-state index contributed by atoms with van der Waals surface area (Å²) in [6.45, 7) is -0.240. The van der Waals surface area contributed by atoms with E-state index < -0.39 is 0 Å². The molecule has 1 N–H and O–H groups in total.